The summed E-state index contributed by atoms with van der Waals surface area (Å²) < 4.78 is 52.0. The number of carbonyl (C=O) groups is 2. The summed E-state index contributed by atoms with van der Waals surface area (Å²) in [6, 6.07) is 15.0. The summed E-state index contributed by atoms with van der Waals surface area (Å²) >= 11 is 0. The summed E-state index contributed by atoms with van der Waals surface area (Å²) in [4.78, 5) is 30.4. The van der Waals surface area contributed by atoms with Crippen LogP contribution < -0.4 is 30.2 Å². The lowest BCUT2D eigenvalue weighted by molar-refractivity contribution is -0.131. The zero-order valence-corrected chi connectivity index (χ0v) is 29.2. The quantitative estimate of drug-likeness (QED) is 0.128. The monoisotopic (exact) mass is 702 g/mol. The molecule has 0 atom stereocenters. The Bertz CT molecular complexity index is 1860. The number of pyridine rings is 1. The van der Waals surface area contributed by atoms with Gasteiger partial charge in [0.05, 0.1) is 23.9 Å². The third-order valence-corrected chi connectivity index (χ3v) is 9.21. The second-order valence-electron chi connectivity index (χ2n) is 13.4. The van der Waals surface area contributed by atoms with E-state index in [0.717, 1.165) is 45.0 Å². The maximum Gasteiger partial charge on any atom is 0.240 e. The molecule has 3 N–H and O–H groups in total. The normalized spacial score (nSPS) is 17.0. The van der Waals surface area contributed by atoms with Gasteiger partial charge in [0.2, 0.25) is 11.8 Å². The summed E-state index contributed by atoms with van der Waals surface area (Å²) in [6.07, 6.45) is 7.55. The van der Waals surface area contributed by atoms with Crippen LogP contribution in [0.25, 0.3) is 10.9 Å². The number of nitrogens with one attached hydrogen (secondary N) is 3. The maximum atomic E-state index is 15.2. The third-order valence-electron chi connectivity index (χ3n) is 9.21. The number of aromatic nitrogens is 1. The highest BCUT2D eigenvalue weighted by molar-refractivity contribution is 6.17. The standard InChI is InChI=1S/C36H36F2N4O6.C3H8/c1-45-31-19-26-29(20-32(31)47-21-35(11-12-35)42-24-9-16-46-17-10-24)39-15-8-30(26)48-25-6-7-28(27(38)18-25)41-34(44)36(13-14-36)33(43)40-23-4-2-22(37)3-5-23;1-3-2/h2-8,15,18-20,24,42H,9-14,16-17,21H2,1H3,(H,40,43)(H,41,44);3H2,1-2H3. The lowest BCUT2D eigenvalue weighted by Crippen LogP contribution is -2.46. The van der Waals surface area contributed by atoms with E-state index in [2.05, 4.69) is 34.8 Å². The van der Waals surface area contributed by atoms with E-state index in [4.69, 9.17) is 18.9 Å². The lowest BCUT2D eigenvalue weighted by Gasteiger charge is -2.28. The third kappa shape index (κ3) is 8.57. The molecule has 2 aliphatic carbocycles. The minimum absolute atomic E-state index is 0.0499. The second kappa shape index (κ2) is 15.6. The van der Waals surface area contributed by atoms with Crippen molar-refractivity contribution in [3.05, 3.63) is 78.5 Å². The van der Waals surface area contributed by atoms with Crippen molar-refractivity contribution in [2.75, 3.05) is 37.6 Å². The van der Waals surface area contributed by atoms with Gasteiger partial charge in [-0.1, -0.05) is 20.3 Å². The van der Waals surface area contributed by atoms with Crippen LogP contribution in [-0.4, -0.2) is 55.3 Å². The number of benzene rings is 3. The molecule has 1 aromatic heterocycles. The summed E-state index contributed by atoms with van der Waals surface area (Å²) in [5, 5.41) is 9.59. The molecule has 3 aliphatic rings. The highest BCUT2D eigenvalue weighted by Crippen LogP contribution is 2.48. The number of nitrogens with zero attached hydrogens (tertiary/aromatic N) is 1. The number of methoxy groups -OCH3 is 1. The first-order valence-corrected chi connectivity index (χ1v) is 17.5. The number of carbonyl (C=O) groups excluding carboxylic acids is 2. The van der Waals surface area contributed by atoms with E-state index < -0.39 is 28.9 Å². The fraction of sp³-hybridized carbons (Fsp3) is 0.410. The summed E-state index contributed by atoms with van der Waals surface area (Å²) in [5.74, 6) is -0.610. The molecular weight excluding hydrogens is 658 g/mol. The molecule has 1 aliphatic heterocycles. The molecule has 1 saturated heterocycles. The van der Waals surface area contributed by atoms with E-state index in [-0.39, 0.29) is 17.0 Å². The molecular formula is C39H44F2N4O6. The maximum absolute atomic E-state index is 15.2. The van der Waals surface area contributed by atoms with Gasteiger partial charge in [-0.15, -0.1) is 0 Å². The topological polar surface area (TPSA) is 120 Å². The molecule has 0 unspecified atom stereocenters. The Morgan fingerprint density at radius 1 is 0.882 bits per heavy atom. The predicted molar refractivity (Wildman–Crippen MR) is 190 cm³/mol. The molecule has 10 nitrogen and oxygen atoms in total. The molecule has 2 amide bonds. The Labute approximate surface area is 296 Å². The largest absolute Gasteiger partial charge is 0.493 e. The SMILES string of the molecule is CCC.COc1cc2c(Oc3ccc(NC(=O)C4(C(=O)Nc5ccc(F)cc5)CC4)c(F)c3)ccnc2cc1OCC1(NC2CCOCC2)CC1. The fourth-order valence-electron chi connectivity index (χ4n) is 5.96. The molecule has 0 radical (unpaired) electrons. The Kier molecular flexibility index (Phi) is 11.0. The van der Waals surface area contributed by atoms with E-state index >= 15 is 4.39 Å². The first-order valence-electron chi connectivity index (χ1n) is 17.5. The predicted octanol–water partition coefficient (Wildman–Crippen LogP) is 7.77. The number of anilines is 2. The van der Waals surface area contributed by atoms with Gasteiger partial charge >= 0.3 is 0 Å². The minimum Gasteiger partial charge on any atom is -0.493 e. The van der Waals surface area contributed by atoms with E-state index in [1.807, 2.05) is 6.07 Å². The zero-order valence-electron chi connectivity index (χ0n) is 29.2. The smallest absolute Gasteiger partial charge is 0.240 e. The number of fused-ring (bicyclic) bond motifs is 1. The average Bonchev–Trinajstić information content (AvgIpc) is 4.07. The van der Waals surface area contributed by atoms with Crippen molar-refractivity contribution in [1.82, 2.24) is 10.3 Å². The van der Waals surface area contributed by atoms with Crippen molar-refractivity contribution in [3.8, 4) is 23.0 Å². The highest BCUT2D eigenvalue weighted by atomic mass is 19.1. The molecule has 7 rings (SSSR count). The molecule has 0 spiro atoms. The summed E-state index contributed by atoms with van der Waals surface area (Å²) in [7, 11) is 1.57. The van der Waals surface area contributed by atoms with E-state index in [0.29, 0.717) is 59.3 Å². The molecule has 12 heteroatoms. The van der Waals surface area contributed by atoms with Gasteiger partial charge in [-0.25, -0.2) is 8.78 Å². The molecule has 0 bridgehead atoms. The van der Waals surface area contributed by atoms with Crippen molar-refractivity contribution in [2.24, 2.45) is 5.41 Å². The minimum atomic E-state index is -1.33. The first kappa shape index (κ1) is 36.0. The van der Waals surface area contributed by atoms with Crippen molar-refractivity contribution in [1.29, 1.82) is 0 Å². The van der Waals surface area contributed by atoms with Crippen molar-refractivity contribution in [2.45, 2.75) is 70.4 Å². The van der Waals surface area contributed by atoms with E-state index in [9.17, 15) is 14.0 Å². The van der Waals surface area contributed by atoms with Crippen LogP contribution in [0, 0.1) is 17.0 Å². The Balaban J connectivity index is 0.00000144. The van der Waals surface area contributed by atoms with Crippen molar-refractivity contribution in [3.63, 3.8) is 0 Å². The van der Waals surface area contributed by atoms with Crippen molar-refractivity contribution < 1.29 is 37.3 Å². The Morgan fingerprint density at radius 2 is 1.59 bits per heavy atom. The van der Waals surface area contributed by atoms with Crippen LogP contribution in [0.3, 0.4) is 0 Å². The average molecular weight is 703 g/mol. The van der Waals surface area contributed by atoms with Crippen LogP contribution in [0.4, 0.5) is 20.2 Å². The number of halogens is 2. The molecule has 3 aromatic carbocycles. The van der Waals surface area contributed by atoms with E-state index in [1.165, 1.54) is 42.8 Å². The first-order chi connectivity index (χ1) is 24.7. The van der Waals surface area contributed by atoms with Gasteiger partial charge in [0.25, 0.3) is 0 Å². The van der Waals surface area contributed by atoms with E-state index in [1.54, 1.807) is 25.4 Å². The number of amides is 2. The second-order valence-corrected chi connectivity index (χ2v) is 13.4. The van der Waals surface area contributed by atoms with Crippen LogP contribution >= 0.6 is 0 Å². The van der Waals surface area contributed by atoms with Crippen LogP contribution in [0.2, 0.25) is 0 Å². The molecule has 4 aromatic rings. The number of hydrogen-bond donors (Lipinski definition) is 3. The van der Waals surface area contributed by atoms with Gasteiger partial charge in [-0.3, -0.25) is 14.6 Å². The van der Waals surface area contributed by atoms with Crippen LogP contribution in [0.5, 0.6) is 23.0 Å². The van der Waals surface area contributed by atoms with Crippen LogP contribution in [0.1, 0.15) is 58.8 Å². The Hall–Kier alpha value is -4.81. The number of hydrogen-bond acceptors (Lipinski definition) is 8. The van der Waals surface area contributed by atoms with Crippen LogP contribution in [0.15, 0.2) is 66.9 Å². The summed E-state index contributed by atoms with van der Waals surface area (Å²) in [6.45, 7) is 6.31. The molecule has 51 heavy (non-hydrogen) atoms. The Morgan fingerprint density at radius 3 is 2.24 bits per heavy atom. The fourth-order valence-corrected chi connectivity index (χ4v) is 5.96. The van der Waals surface area contributed by atoms with Gasteiger partial charge in [0.1, 0.15) is 35.2 Å². The van der Waals surface area contributed by atoms with Gasteiger partial charge in [0.15, 0.2) is 11.5 Å². The number of ether oxygens (including phenoxy) is 4. The lowest BCUT2D eigenvalue weighted by atomic mass is 10.0. The number of rotatable bonds is 12. The van der Waals surface area contributed by atoms with Gasteiger partial charge < -0.3 is 34.9 Å². The zero-order chi connectivity index (χ0) is 36.0. The highest BCUT2D eigenvalue weighted by Gasteiger charge is 2.56. The van der Waals surface area contributed by atoms with Crippen molar-refractivity contribution >= 4 is 34.1 Å². The van der Waals surface area contributed by atoms with Gasteiger partial charge in [-0.2, -0.15) is 0 Å². The van der Waals surface area contributed by atoms with Crippen LogP contribution in [-0.2, 0) is 14.3 Å². The molecule has 2 heterocycles. The molecule has 270 valence electrons. The molecule has 3 fully saturated rings. The summed E-state index contributed by atoms with van der Waals surface area (Å²) in [5.41, 5.74) is -0.484. The van der Waals surface area contributed by atoms with Gasteiger partial charge in [-0.05, 0) is 87.1 Å². The molecule has 2 saturated carbocycles. The van der Waals surface area contributed by atoms with Gasteiger partial charge in [0, 0.05) is 48.7 Å².